The first kappa shape index (κ1) is 7.67. The van der Waals surface area contributed by atoms with Crippen LogP contribution in [0, 0.1) is 0 Å². The van der Waals surface area contributed by atoms with Crippen molar-refractivity contribution in [3.63, 3.8) is 0 Å². The lowest BCUT2D eigenvalue weighted by Crippen LogP contribution is -2.22. The van der Waals surface area contributed by atoms with Crippen molar-refractivity contribution >= 4 is 5.97 Å². The summed E-state index contributed by atoms with van der Waals surface area (Å²) >= 11 is 0. The van der Waals surface area contributed by atoms with Crippen molar-refractivity contribution in [3.05, 3.63) is 47.5 Å². The quantitative estimate of drug-likeness (QED) is 0.747. The fourth-order valence-electron chi connectivity index (χ4n) is 1.52. The maximum absolute atomic E-state index is 11.8. The van der Waals surface area contributed by atoms with Gasteiger partial charge in [-0.25, -0.2) is 4.79 Å². The number of benzene rings is 1. The molecule has 1 aliphatic heterocycles. The van der Waals surface area contributed by atoms with Crippen LogP contribution in [0.4, 0.5) is 0 Å². The summed E-state index contributed by atoms with van der Waals surface area (Å²) in [6.45, 7) is -2.47. The molecule has 3 nitrogen and oxygen atoms in total. The Labute approximate surface area is 107 Å². The molecular weight excluding hydrogens is 214 g/mol. The molecular formula is C14H17NO2. The Bertz CT molecular complexity index is 557. The van der Waals surface area contributed by atoms with Gasteiger partial charge in [-0.3, -0.25) is 4.90 Å². The van der Waals surface area contributed by atoms with Gasteiger partial charge in [0.15, 0.2) is 0 Å². The van der Waals surface area contributed by atoms with E-state index in [9.17, 15) is 4.79 Å². The molecule has 0 N–H and O–H groups in total. The summed E-state index contributed by atoms with van der Waals surface area (Å²) in [5.41, 5.74) is 0.481. The van der Waals surface area contributed by atoms with Crippen molar-refractivity contribution in [2.24, 2.45) is 0 Å². The minimum absolute atomic E-state index is 0.0558. The second kappa shape index (κ2) is 5.64. The zero-order valence-electron chi connectivity index (χ0n) is 13.6. The van der Waals surface area contributed by atoms with Gasteiger partial charge in [0, 0.05) is 30.6 Å². The van der Waals surface area contributed by atoms with Crippen LogP contribution in [-0.2, 0) is 16.1 Å². The van der Waals surface area contributed by atoms with Crippen LogP contribution < -0.4 is 0 Å². The second-order valence-corrected chi connectivity index (χ2v) is 3.59. The molecule has 90 valence electrons. The highest BCUT2D eigenvalue weighted by Gasteiger charge is 2.20. The summed E-state index contributed by atoms with van der Waals surface area (Å²) < 4.78 is 37.0. The van der Waals surface area contributed by atoms with E-state index in [1.807, 2.05) is 6.07 Å². The Morgan fingerprint density at radius 2 is 2.24 bits per heavy atom. The molecule has 2 rings (SSSR count). The molecule has 0 saturated heterocycles. The summed E-state index contributed by atoms with van der Waals surface area (Å²) in [5.74, 6) is -0.818. The predicted octanol–water partition coefficient (Wildman–Crippen LogP) is 1.99. The number of hydrogen-bond acceptors (Lipinski definition) is 3. The van der Waals surface area contributed by atoms with Crippen molar-refractivity contribution in [2.75, 3.05) is 19.6 Å². The number of hydrogen-bond donors (Lipinski definition) is 0. The van der Waals surface area contributed by atoms with Gasteiger partial charge >= 0.3 is 5.97 Å². The Balaban J connectivity index is 2.29. The normalized spacial score (nSPS) is 25.1. The smallest absolute Gasteiger partial charge is 0.335 e. The first-order valence-corrected chi connectivity index (χ1v) is 5.51. The maximum atomic E-state index is 11.8. The van der Waals surface area contributed by atoms with Gasteiger partial charge in [-0.1, -0.05) is 36.4 Å². The van der Waals surface area contributed by atoms with Crippen molar-refractivity contribution in [1.29, 1.82) is 0 Å². The Kier molecular flexibility index (Phi) is 2.54. The molecule has 17 heavy (non-hydrogen) atoms. The van der Waals surface area contributed by atoms with E-state index in [-0.39, 0.29) is 18.7 Å². The van der Waals surface area contributed by atoms with E-state index in [0.717, 1.165) is 16.5 Å². The van der Waals surface area contributed by atoms with Crippen LogP contribution in [0.5, 0.6) is 0 Å². The minimum Gasteiger partial charge on any atom is -0.463 e. The molecule has 0 unspecified atom stereocenters. The van der Waals surface area contributed by atoms with E-state index in [4.69, 9.17) is 10.2 Å². The maximum Gasteiger partial charge on any atom is 0.335 e. The van der Waals surface area contributed by atoms with Crippen LogP contribution in [0.1, 0.15) is 18.0 Å². The highest BCUT2D eigenvalue weighted by molar-refractivity contribution is 5.89. The van der Waals surface area contributed by atoms with E-state index in [2.05, 4.69) is 0 Å². The Hall–Kier alpha value is -1.61. The largest absolute Gasteiger partial charge is 0.463 e. The Morgan fingerprint density at radius 1 is 1.47 bits per heavy atom. The van der Waals surface area contributed by atoms with Crippen LogP contribution in [0.15, 0.2) is 42.0 Å². The van der Waals surface area contributed by atoms with Crippen LogP contribution >= 0.6 is 0 Å². The highest BCUT2D eigenvalue weighted by Crippen LogP contribution is 2.14. The lowest BCUT2D eigenvalue weighted by atomic mass is 10.2. The lowest BCUT2D eigenvalue weighted by Gasteiger charge is -2.15. The molecule has 0 amide bonds. The first-order valence-electron chi connectivity index (χ1n) is 7.51. The van der Waals surface area contributed by atoms with Crippen molar-refractivity contribution in [1.82, 2.24) is 4.90 Å². The van der Waals surface area contributed by atoms with E-state index < -0.39 is 19.0 Å². The summed E-state index contributed by atoms with van der Waals surface area (Å²) in [7, 11) is 0. The van der Waals surface area contributed by atoms with Crippen LogP contribution in [0.25, 0.3) is 0 Å². The van der Waals surface area contributed by atoms with Crippen LogP contribution in [-0.4, -0.2) is 30.5 Å². The molecule has 1 aromatic rings. The molecule has 0 atom stereocenters. The standard InChI is InChI=1S/C14H17NO2/c1-2-17-14(16)13-8-9-15(11-13)10-12-6-4-3-5-7-12/h3-8H,2,9-11H2,1H3/i9D2,11D2. The second-order valence-electron chi connectivity index (χ2n) is 3.59. The molecule has 3 heteroatoms. The predicted molar refractivity (Wildman–Crippen MR) is 66.4 cm³/mol. The van der Waals surface area contributed by atoms with Crippen molar-refractivity contribution in [3.8, 4) is 0 Å². The average molecular weight is 235 g/mol. The van der Waals surface area contributed by atoms with Crippen molar-refractivity contribution in [2.45, 2.75) is 13.5 Å². The third-order valence-electron chi connectivity index (χ3n) is 2.30. The monoisotopic (exact) mass is 235 g/mol. The molecule has 0 aliphatic carbocycles. The number of nitrogens with zero attached hydrogens (tertiary/aromatic N) is 1. The molecule has 1 heterocycles. The molecule has 0 spiro atoms. The van der Waals surface area contributed by atoms with Gasteiger partial charge < -0.3 is 4.74 Å². The topological polar surface area (TPSA) is 29.5 Å². The van der Waals surface area contributed by atoms with E-state index in [1.165, 1.54) is 0 Å². The third kappa shape index (κ3) is 3.17. The van der Waals surface area contributed by atoms with Gasteiger partial charge in [0.1, 0.15) is 0 Å². The molecule has 0 aromatic heterocycles. The zero-order valence-corrected chi connectivity index (χ0v) is 9.64. The molecule has 0 fully saturated rings. The van der Waals surface area contributed by atoms with Gasteiger partial charge in [-0.2, -0.15) is 0 Å². The first-order chi connectivity index (χ1) is 9.79. The summed E-state index contributed by atoms with van der Waals surface area (Å²) in [5, 5.41) is 0. The number of rotatable bonds is 4. The van der Waals surface area contributed by atoms with Gasteiger partial charge in [0.05, 0.1) is 6.61 Å². The number of carbonyl (C=O) groups excluding carboxylic acids is 1. The Morgan fingerprint density at radius 3 is 2.94 bits per heavy atom. The van der Waals surface area contributed by atoms with Gasteiger partial charge in [-0.15, -0.1) is 0 Å². The number of esters is 1. The minimum atomic E-state index is -2.22. The zero-order chi connectivity index (χ0) is 15.7. The summed E-state index contributed by atoms with van der Waals surface area (Å²) in [6, 6.07) is 9.01. The molecule has 0 saturated carbocycles. The molecule has 1 aromatic carbocycles. The number of ether oxygens (including phenoxy) is 1. The van der Waals surface area contributed by atoms with Gasteiger partial charge in [0.2, 0.25) is 0 Å². The lowest BCUT2D eigenvalue weighted by molar-refractivity contribution is -0.138. The fourth-order valence-corrected chi connectivity index (χ4v) is 1.52. The molecule has 0 radical (unpaired) electrons. The SMILES string of the molecule is [2H]C1([2H])C=C(C(=O)OCC)C([2H])([2H])N1Cc1ccccc1. The molecule has 0 bridgehead atoms. The van der Waals surface area contributed by atoms with Crippen LogP contribution in [0.3, 0.4) is 0 Å². The van der Waals surface area contributed by atoms with Crippen LogP contribution in [0.2, 0.25) is 0 Å². The fraction of sp³-hybridized carbons (Fsp3) is 0.357. The van der Waals surface area contributed by atoms with E-state index in [1.54, 1.807) is 31.2 Å². The number of carbonyl (C=O) groups is 1. The van der Waals surface area contributed by atoms with Gasteiger partial charge in [0.25, 0.3) is 0 Å². The summed E-state index contributed by atoms with van der Waals surface area (Å²) in [4.78, 5) is 12.8. The highest BCUT2D eigenvalue weighted by atomic mass is 16.5. The van der Waals surface area contributed by atoms with E-state index in [0.29, 0.717) is 0 Å². The third-order valence-corrected chi connectivity index (χ3v) is 2.30. The molecule has 1 aliphatic rings. The average Bonchev–Trinajstić information content (AvgIpc) is 2.60. The summed E-state index contributed by atoms with van der Waals surface area (Å²) in [6.07, 6.45) is 1.01. The van der Waals surface area contributed by atoms with E-state index >= 15 is 0 Å². The van der Waals surface area contributed by atoms with Gasteiger partial charge in [-0.05, 0) is 12.5 Å². The van der Waals surface area contributed by atoms with Crippen molar-refractivity contribution < 1.29 is 15.0 Å².